The number of fused-ring (bicyclic) bond motifs is 1. The fourth-order valence-corrected chi connectivity index (χ4v) is 3.15. The average Bonchev–Trinajstić information content (AvgIpc) is 2.85. The van der Waals surface area contributed by atoms with Crippen molar-refractivity contribution in [3.63, 3.8) is 0 Å². The number of aromatic nitrogens is 2. The summed E-state index contributed by atoms with van der Waals surface area (Å²) in [6.07, 6.45) is 0. The van der Waals surface area contributed by atoms with Crippen molar-refractivity contribution in [3.8, 4) is 11.6 Å². The number of halogens is 1. The molecular formula is C12H9BrN2O2S. The predicted molar refractivity (Wildman–Crippen MR) is 75.1 cm³/mol. The fraction of sp³-hybridized carbons (Fsp3) is 0.167. The number of thiophene rings is 1. The number of aromatic amines is 1. The number of nitrogens with one attached hydrogen (secondary N) is 1. The van der Waals surface area contributed by atoms with Gasteiger partial charge >= 0.3 is 0 Å². The van der Waals surface area contributed by atoms with Gasteiger partial charge in [-0.2, -0.15) is 0 Å². The molecule has 3 aromatic rings. The number of hydrogen-bond acceptors (Lipinski definition) is 4. The molecule has 0 saturated carbocycles. The highest BCUT2D eigenvalue weighted by Crippen LogP contribution is 2.28. The van der Waals surface area contributed by atoms with Gasteiger partial charge in [-0.3, -0.25) is 4.79 Å². The molecule has 0 atom stereocenters. The number of H-pyrrole nitrogens is 1. The van der Waals surface area contributed by atoms with Crippen molar-refractivity contribution in [1.82, 2.24) is 9.97 Å². The largest absolute Gasteiger partial charge is 0.446 e. The van der Waals surface area contributed by atoms with Crippen molar-refractivity contribution in [2.45, 2.75) is 13.8 Å². The summed E-state index contributed by atoms with van der Waals surface area (Å²) in [6.45, 7) is 3.93. The standard InChI is InChI=1S/C12H9BrN2O2S/c1-5-6(2)18-12-9(5)11(16)14-10(15-12)7-3-4-8(13)17-7/h3-4H,1-2H3,(H,14,15,16). The molecule has 0 aliphatic rings. The Morgan fingerprint density at radius 2 is 2.17 bits per heavy atom. The van der Waals surface area contributed by atoms with Crippen LogP contribution in [0.25, 0.3) is 21.8 Å². The highest BCUT2D eigenvalue weighted by Gasteiger charge is 2.14. The third kappa shape index (κ3) is 1.72. The van der Waals surface area contributed by atoms with Gasteiger partial charge in [-0.15, -0.1) is 11.3 Å². The smallest absolute Gasteiger partial charge is 0.260 e. The van der Waals surface area contributed by atoms with Crippen LogP contribution in [0.4, 0.5) is 0 Å². The number of hydrogen-bond donors (Lipinski definition) is 1. The average molecular weight is 325 g/mol. The first-order valence-electron chi connectivity index (χ1n) is 5.32. The molecule has 0 aliphatic carbocycles. The number of aryl methyl sites for hydroxylation is 2. The predicted octanol–water partition coefficient (Wildman–Crippen LogP) is 3.62. The molecular weight excluding hydrogens is 316 g/mol. The lowest BCUT2D eigenvalue weighted by Gasteiger charge is -1.96. The summed E-state index contributed by atoms with van der Waals surface area (Å²) < 4.78 is 6.01. The Labute approximate surface area is 115 Å². The molecule has 0 fully saturated rings. The number of furan rings is 1. The highest BCUT2D eigenvalue weighted by atomic mass is 79.9. The molecule has 0 aliphatic heterocycles. The second kappa shape index (κ2) is 4.07. The van der Waals surface area contributed by atoms with E-state index in [4.69, 9.17) is 4.42 Å². The molecule has 0 spiro atoms. The van der Waals surface area contributed by atoms with Crippen LogP contribution in [0.1, 0.15) is 10.4 Å². The molecule has 3 rings (SSSR count). The zero-order valence-electron chi connectivity index (χ0n) is 9.70. The van der Waals surface area contributed by atoms with Gasteiger partial charge in [0.15, 0.2) is 16.3 Å². The van der Waals surface area contributed by atoms with E-state index in [1.807, 2.05) is 13.8 Å². The van der Waals surface area contributed by atoms with E-state index >= 15 is 0 Å². The zero-order chi connectivity index (χ0) is 12.9. The van der Waals surface area contributed by atoms with E-state index in [0.29, 0.717) is 21.6 Å². The molecule has 92 valence electrons. The Morgan fingerprint density at radius 3 is 2.83 bits per heavy atom. The van der Waals surface area contributed by atoms with E-state index in [0.717, 1.165) is 15.3 Å². The lowest BCUT2D eigenvalue weighted by molar-refractivity contribution is 0.551. The van der Waals surface area contributed by atoms with Gasteiger partial charge in [-0.05, 0) is 47.5 Å². The van der Waals surface area contributed by atoms with E-state index in [1.54, 1.807) is 12.1 Å². The Bertz CT molecular complexity index is 800. The molecule has 0 amide bonds. The van der Waals surface area contributed by atoms with Crippen LogP contribution < -0.4 is 5.56 Å². The van der Waals surface area contributed by atoms with Gasteiger partial charge in [0.1, 0.15) is 4.83 Å². The summed E-state index contributed by atoms with van der Waals surface area (Å²) in [5.74, 6) is 1.00. The van der Waals surface area contributed by atoms with Gasteiger partial charge < -0.3 is 9.40 Å². The van der Waals surface area contributed by atoms with E-state index in [-0.39, 0.29) is 5.56 Å². The fourth-order valence-electron chi connectivity index (χ4n) is 1.81. The maximum atomic E-state index is 12.1. The molecule has 0 bridgehead atoms. The van der Waals surface area contributed by atoms with Crippen LogP contribution in [0.2, 0.25) is 0 Å². The second-order valence-electron chi connectivity index (χ2n) is 3.98. The van der Waals surface area contributed by atoms with Crippen LogP contribution >= 0.6 is 27.3 Å². The first-order valence-corrected chi connectivity index (χ1v) is 6.93. The minimum absolute atomic E-state index is 0.121. The highest BCUT2D eigenvalue weighted by molar-refractivity contribution is 9.10. The van der Waals surface area contributed by atoms with Crippen molar-refractivity contribution in [1.29, 1.82) is 0 Å². The Morgan fingerprint density at radius 1 is 1.39 bits per heavy atom. The van der Waals surface area contributed by atoms with Gasteiger partial charge in [-0.1, -0.05) is 0 Å². The van der Waals surface area contributed by atoms with E-state index in [9.17, 15) is 4.79 Å². The van der Waals surface area contributed by atoms with Crippen LogP contribution in [0.3, 0.4) is 0 Å². The SMILES string of the molecule is Cc1sc2nc(-c3ccc(Br)o3)[nH]c(=O)c2c1C. The first-order chi connectivity index (χ1) is 8.56. The van der Waals surface area contributed by atoms with Crippen LogP contribution in [0, 0.1) is 13.8 Å². The summed E-state index contributed by atoms with van der Waals surface area (Å²) in [5.41, 5.74) is 0.875. The zero-order valence-corrected chi connectivity index (χ0v) is 12.1. The molecule has 0 saturated heterocycles. The number of nitrogens with zero attached hydrogens (tertiary/aromatic N) is 1. The molecule has 3 heterocycles. The van der Waals surface area contributed by atoms with Gasteiger partial charge in [0.05, 0.1) is 5.39 Å². The minimum Gasteiger partial charge on any atom is -0.446 e. The Hall–Kier alpha value is -1.40. The Balaban J connectivity index is 2.31. The molecule has 0 aromatic carbocycles. The van der Waals surface area contributed by atoms with Crippen molar-refractivity contribution < 1.29 is 4.42 Å². The van der Waals surface area contributed by atoms with E-state index in [1.165, 1.54) is 11.3 Å². The van der Waals surface area contributed by atoms with Crippen molar-refractivity contribution in [2.75, 3.05) is 0 Å². The summed E-state index contributed by atoms with van der Waals surface area (Å²) in [6, 6.07) is 3.53. The molecule has 0 unspecified atom stereocenters. The summed E-state index contributed by atoms with van der Waals surface area (Å²) in [7, 11) is 0. The summed E-state index contributed by atoms with van der Waals surface area (Å²) in [4.78, 5) is 21.1. The number of rotatable bonds is 1. The molecule has 6 heteroatoms. The molecule has 4 nitrogen and oxygen atoms in total. The minimum atomic E-state index is -0.121. The lowest BCUT2D eigenvalue weighted by atomic mass is 10.2. The van der Waals surface area contributed by atoms with Crippen molar-refractivity contribution in [3.05, 3.63) is 37.6 Å². The third-order valence-electron chi connectivity index (χ3n) is 2.85. The second-order valence-corrected chi connectivity index (χ2v) is 5.97. The van der Waals surface area contributed by atoms with Crippen LogP contribution in [0.5, 0.6) is 0 Å². The monoisotopic (exact) mass is 324 g/mol. The topological polar surface area (TPSA) is 58.9 Å². The van der Waals surface area contributed by atoms with Crippen LogP contribution in [0.15, 0.2) is 26.0 Å². The van der Waals surface area contributed by atoms with Gasteiger partial charge in [0, 0.05) is 4.88 Å². The molecule has 3 aromatic heterocycles. The van der Waals surface area contributed by atoms with Gasteiger partial charge in [0.25, 0.3) is 5.56 Å². The quantitative estimate of drug-likeness (QED) is 0.743. The lowest BCUT2D eigenvalue weighted by Crippen LogP contribution is -2.08. The van der Waals surface area contributed by atoms with Crippen molar-refractivity contribution in [2.24, 2.45) is 0 Å². The molecule has 1 N–H and O–H groups in total. The van der Waals surface area contributed by atoms with Crippen molar-refractivity contribution >= 4 is 37.5 Å². The normalized spacial score (nSPS) is 11.3. The summed E-state index contributed by atoms with van der Waals surface area (Å²) in [5, 5.41) is 0.673. The van der Waals surface area contributed by atoms with E-state index < -0.39 is 0 Å². The summed E-state index contributed by atoms with van der Waals surface area (Å²) >= 11 is 4.75. The third-order valence-corrected chi connectivity index (χ3v) is 4.37. The molecule has 0 radical (unpaired) electrons. The van der Waals surface area contributed by atoms with E-state index in [2.05, 4.69) is 25.9 Å². The maximum absolute atomic E-state index is 12.1. The first kappa shape index (κ1) is 11.7. The van der Waals surface area contributed by atoms with Gasteiger partial charge in [0.2, 0.25) is 0 Å². The molecule has 18 heavy (non-hydrogen) atoms. The van der Waals surface area contributed by atoms with Crippen LogP contribution in [-0.2, 0) is 0 Å². The maximum Gasteiger partial charge on any atom is 0.260 e. The van der Waals surface area contributed by atoms with Crippen LogP contribution in [-0.4, -0.2) is 9.97 Å². The Kier molecular flexibility index (Phi) is 2.64. The van der Waals surface area contributed by atoms with Gasteiger partial charge in [-0.25, -0.2) is 4.98 Å².